The van der Waals surface area contributed by atoms with E-state index < -0.39 is 48.6 Å². The lowest BCUT2D eigenvalue weighted by Crippen LogP contribution is -2.49. The molecule has 1 unspecified atom stereocenters. The number of aromatic nitrogens is 1. The fraction of sp³-hybridized carbons (Fsp3) is 0.386. The van der Waals surface area contributed by atoms with Crippen LogP contribution in [0.25, 0.3) is 0 Å². The molecule has 0 saturated carbocycles. The Kier molecular flexibility index (Phi) is 13.3. The maximum atomic E-state index is 14.3. The third-order valence-electron chi connectivity index (χ3n) is 10.1. The summed E-state index contributed by atoms with van der Waals surface area (Å²) in [4.78, 5) is 56.9. The summed E-state index contributed by atoms with van der Waals surface area (Å²) in [6.07, 6.45) is 1.95. The number of carbonyl (C=O) groups excluding carboxylic acids is 4. The molecule has 0 spiro atoms. The Balaban J connectivity index is 1.24. The average molecular weight is 792 g/mol. The molecule has 58 heavy (non-hydrogen) atoms. The second kappa shape index (κ2) is 18.7. The van der Waals surface area contributed by atoms with Crippen LogP contribution in [0.2, 0.25) is 0 Å². The number of anilines is 1. The van der Waals surface area contributed by atoms with Gasteiger partial charge in [0.25, 0.3) is 5.91 Å². The zero-order valence-electron chi connectivity index (χ0n) is 33.2. The van der Waals surface area contributed by atoms with E-state index >= 15 is 0 Å². The molecule has 3 aromatic carbocycles. The highest BCUT2D eigenvalue weighted by Gasteiger charge is 2.43. The summed E-state index contributed by atoms with van der Waals surface area (Å²) in [5.74, 6) is 4.96. The number of nitrogens with one attached hydrogen (secondary N) is 4. The minimum atomic E-state index is -1.31. The van der Waals surface area contributed by atoms with Gasteiger partial charge in [0.05, 0.1) is 25.3 Å². The number of aliphatic hydroxyl groups is 1. The lowest BCUT2D eigenvalue weighted by Gasteiger charge is -2.24. The number of unbranched alkanes of at least 4 members (excludes halogenated alkanes) is 2. The van der Waals surface area contributed by atoms with Crippen molar-refractivity contribution in [2.24, 2.45) is 5.92 Å². The van der Waals surface area contributed by atoms with E-state index in [4.69, 9.17) is 13.9 Å². The predicted octanol–water partition coefficient (Wildman–Crippen LogP) is 5.42. The summed E-state index contributed by atoms with van der Waals surface area (Å²) < 4.78 is 22.4. The van der Waals surface area contributed by atoms with Gasteiger partial charge in [-0.05, 0) is 48.1 Å². The molecule has 3 amide bonds. The van der Waals surface area contributed by atoms with Gasteiger partial charge < -0.3 is 45.0 Å². The molecule has 5 atom stereocenters. The average Bonchev–Trinajstić information content (AvgIpc) is 3.91. The molecule has 0 radical (unpaired) electrons. The van der Waals surface area contributed by atoms with E-state index in [2.05, 4.69) is 55.8 Å². The molecule has 1 aromatic heterocycles. The lowest BCUT2D eigenvalue weighted by molar-refractivity contribution is -0.143. The van der Waals surface area contributed by atoms with Gasteiger partial charge in [0.15, 0.2) is 18.0 Å². The molecule has 6 rings (SSSR count). The Bertz CT molecular complexity index is 2190. The minimum Gasteiger partial charge on any atom is -0.469 e. The van der Waals surface area contributed by atoms with Crippen LogP contribution in [-0.4, -0.2) is 66.0 Å². The van der Waals surface area contributed by atoms with Crippen LogP contribution in [0.4, 0.5) is 10.5 Å². The molecule has 0 bridgehead atoms. The number of hydrogen-bond acceptors (Lipinski definition) is 11. The Morgan fingerprint density at radius 3 is 2.48 bits per heavy atom. The number of aliphatic hydroxyl groups excluding tert-OH is 1. The van der Waals surface area contributed by atoms with E-state index in [9.17, 15) is 24.3 Å². The second-order valence-electron chi connectivity index (χ2n) is 14.6. The normalized spacial score (nSPS) is 16.2. The molecule has 14 nitrogen and oxygen atoms in total. The molecular formula is C44H49N5O9. The molecule has 2 aliphatic heterocycles. The third-order valence-corrected chi connectivity index (χ3v) is 10.1. The second-order valence-corrected chi connectivity index (χ2v) is 14.6. The van der Waals surface area contributed by atoms with Crippen molar-refractivity contribution in [2.75, 3.05) is 19.0 Å². The van der Waals surface area contributed by atoms with Gasteiger partial charge in [-0.2, -0.15) is 0 Å². The van der Waals surface area contributed by atoms with E-state index in [-0.39, 0.29) is 48.4 Å². The van der Waals surface area contributed by atoms with Gasteiger partial charge in [0, 0.05) is 24.0 Å². The monoisotopic (exact) mass is 791 g/mol. The quantitative estimate of drug-likeness (QED) is 0.0588. The highest BCUT2D eigenvalue weighted by molar-refractivity contribution is 5.96. The molecule has 0 saturated heterocycles. The molecule has 0 fully saturated rings. The molecular weight excluding hydrogens is 743 g/mol. The van der Waals surface area contributed by atoms with Crippen LogP contribution >= 0.6 is 0 Å². The zero-order valence-corrected chi connectivity index (χ0v) is 33.2. The molecule has 304 valence electrons. The number of para-hydroxylation sites is 1. The van der Waals surface area contributed by atoms with E-state index in [1.807, 2.05) is 74.5 Å². The number of ether oxygens (including phenoxy) is 3. The SMILES string of the molecule is CCCCC#Cc1cccc2c1NC1Oc3ccc(C[C@H](NC(=O)OCc4ccccc4)C(=O)N[C@H](c4nc(C(=O)N[C@@H](CO)C(=O)OC)c(C)o4)C(C)C)cc3[C@@H]21. The smallest absolute Gasteiger partial charge is 0.408 e. The Morgan fingerprint density at radius 2 is 1.76 bits per heavy atom. The molecule has 2 aliphatic rings. The summed E-state index contributed by atoms with van der Waals surface area (Å²) >= 11 is 0. The number of methoxy groups -OCH3 is 1. The van der Waals surface area contributed by atoms with Gasteiger partial charge in [0.2, 0.25) is 11.8 Å². The van der Waals surface area contributed by atoms with Crippen LogP contribution in [0.3, 0.4) is 0 Å². The number of alkyl carbamates (subject to hydrolysis) is 1. The van der Waals surface area contributed by atoms with E-state index in [1.165, 1.54) is 6.92 Å². The standard InChI is InChI=1S/C44H49N5O9/c1-6-7-8-12-16-29-17-13-18-30-35-31-21-28(19-20-34(31)58-41(35)49-38(29)30)22-32(46-44(54)56-24-27-14-10-9-11-15-27)39(51)47-36(25(2)3)42-48-37(26(4)57-42)40(52)45-33(23-50)43(53)55-5/h9-11,13-15,17-21,25,32-33,35-36,41,49-50H,6-8,22-24H2,1-5H3,(H,45,52)(H,46,54)(H,47,51)/t32-,33-,35+,36-,41?/m0/s1. The van der Waals surface area contributed by atoms with E-state index in [0.717, 1.165) is 65.6 Å². The highest BCUT2D eigenvalue weighted by Crippen LogP contribution is 2.50. The van der Waals surface area contributed by atoms with Gasteiger partial charge in [0.1, 0.15) is 30.2 Å². The van der Waals surface area contributed by atoms with Gasteiger partial charge in [-0.25, -0.2) is 14.6 Å². The summed E-state index contributed by atoms with van der Waals surface area (Å²) in [5.41, 5.74) is 5.32. The number of carbonyl (C=O) groups is 4. The van der Waals surface area contributed by atoms with Crippen molar-refractivity contribution in [2.45, 2.75) is 90.3 Å². The van der Waals surface area contributed by atoms with Crippen molar-refractivity contribution < 1.29 is 42.9 Å². The number of amides is 3. The Hall–Kier alpha value is -6.33. The molecule has 14 heteroatoms. The minimum absolute atomic E-state index is 0.000187. The maximum Gasteiger partial charge on any atom is 0.408 e. The Labute approximate surface area is 337 Å². The zero-order chi connectivity index (χ0) is 41.3. The van der Waals surface area contributed by atoms with Crippen molar-refractivity contribution in [1.29, 1.82) is 0 Å². The molecule has 5 N–H and O–H groups in total. The first-order valence-electron chi connectivity index (χ1n) is 19.4. The largest absolute Gasteiger partial charge is 0.469 e. The first-order valence-corrected chi connectivity index (χ1v) is 19.4. The number of benzene rings is 3. The summed E-state index contributed by atoms with van der Waals surface area (Å²) in [6.45, 7) is 6.65. The first-order chi connectivity index (χ1) is 28.0. The number of nitrogens with zero attached hydrogens (tertiary/aromatic N) is 1. The number of oxazole rings is 1. The van der Waals surface area contributed by atoms with Crippen LogP contribution < -0.4 is 26.0 Å². The van der Waals surface area contributed by atoms with Crippen LogP contribution in [0.15, 0.2) is 71.1 Å². The van der Waals surface area contributed by atoms with Crippen LogP contribution in [0, 0.1) is 24.7 Å². The third kappa shape index (κ3) is 9.44. The van der Waals surface area contributed by atoms with Gasteiger partial charge >= 0.3 is 12.1 Å². The first kappa shape index (κ1) is 41.3. The summed E-state index contributed by atoms with van der Waals surface area (Å²) in [7, 11) is 1.14. The van der Waals surface area contributed by atoms with Crippen LogP contribution in [0.5, 0.6) is 5.75 Å². The predicted molar refractivity (Wildman–Crippen MR) is 214 cm³/mol. The Morgan fingerprint density at radius 1 is 0.966 bits per heavy atom. The van der Waals surface area contributed by atoms with Crippen molar-refractivity contribution in [3.05, 3.63) is 112 Å². The molecule has 4 aromatic rings. The number of aryl methyl sites for hydroxylation is 1. The van der Waals surface area contributed by atoms with Crippen molar-refractivity contribution in [3.8, 4) is 17.6 Å². The van der Waals surface area contributed by atoms with E-state index in [0.29, 0.717) is 0 Å². The molecule has 0 aliphatic carbocycles. The molecule has 3 heterocycles. The number of fused-ring (bicyclic) bond motifs is 5. The summed E-state index contributed by atoms with van der Waals surface area (Å²) in [5, 5.41) is 21.2. The summed E-state index contributed by atoms with van der Waals surface area (Å²) in [6, 6.07) is 17.8. The highest BCUT2D eigenvalue weighted by atomic mass is 16.5. The van der Waals surface area contributed by atoms with Gasteiger partial charge in [-0.1, -0.05) is 93.6 Å². The van der Waals surface area contributed by atoms with Crippen LogP contribution in [0.1, 0.15) is 102 Å². The van der Waals surface area contributed by atoms with Crippen LogP contribution in [-0.2, 0) is 32.1 Å². The van der Waals surface area contributed by atoms with Crippen molar-refractivity contribution in [1.82, 2.24) is 20.9 Å². The fourth-order valence-corrected chi connectivity index (χ4v) is 6.97. The maximum absolute atomic E-state index is 14.3. The van der Waals surface area contributed by atoms with Gasteiger partial charge in [-0.3, -0.25) is 9.59 Å². The number of hydrogen-bond donors (Lipinski definition) is 5. The lowest BCUT2D eigenvalue weighted by atomic mass is 9.90. The van der Waals surface area contributed by atoms with E-state index in [1.54, 1.807) is 0 Å². The topological polar surface area (TPSA) is 190 Å². The van der Waals surface area contributed by atoms with Crippen molar-refractivity contribution in [3.63, 3.8) is 0 Å². The van der Waals surface area contributed by atoms with Gasteiger partial charge in [-0.15, -0.1) is 0 Å². The number of rotatable bonds is 15. The van der Waals surface area contributed by atoms with Crippen molar-refractivity contribution >= 4 is 29.6 Å². The number of esters is 1. The fourth-order valence-electron chi connectivity index (χ4n) is 6.97.